The molecule has 6 N–H and O–H groups in total. The molecule has 7 heteroatoms. The quantitative estimate of drug-likeness (QED) is 0.706. The van der Waals surface area contributed by atoms with E-state index >= 15 is 0 Å². The highest BCUT2D eigenvalue weighted by Gasteiger charge is 2.11. The summed E-state index contributed by atoms with van der Waals surface area (Å²) in [5.41, 5.74) is 10.0. The molecule has 0 saturated carbocycles. The molecule has 0 amide bonds. The average molecular weight is 249 g/mol. The largest absolute Gasteiger partial charge is 0.412 e. The number of aromatic nitrogens is 1. The summed E-state index contributed by atoms with van der Waals surface area (Å²) >= 11 is 0. The van der Waals surface area contributed by atoms with Gasteiger partial charge in [-0.3, -0.25) is 4.98 Å². The van der Waals surface area contributed by atoms with Crippen LogP contribution in [0.15, 0.2) is 29.4 Å². The van der Waals surface area contributed by atoms with Gasteiger partial charge in [0.1, 0.15) is 0 Å². The van der Waals surface area contributed by atoms with Gasteiger partial charge < -0.3 is 16.9 Å². The van der Waals surface area contributed by atoms with Crippen LogP contribution in [-0.4, -0.2) is 37.7 Å². The van der Waals surface area contributed by atoms with E-state index in [1.807, 2.05) is 6.92 Å². The van der Waals surface area contributed by atoms with Gasteiger partial charge in [-0.25, -0.2) is 8.42 Å². The second-order valence-electron chi connectivity index (χ2n) is 2.70. The minimum atomic E-state index is -3.18. The molecule has 0 unspecified atom stereocenters. The Balaban J connectivity index is 0. The maximum atomic E-state index is 11.3. The predicted octanol–water partition coefficient (Wildman–Crippen LogP) is -1.05. The Labute approximate surface area is 95.9 Å². The average Bonchev–Trinajstić information content (AvgIpc) is 2.20. The normalized spacial score (nSPS) is 9.69. The second-order valence-corrected chi connectivity index (χ2v) is 4.81. The van der Waals surface area contributed by atoms with Gasteiger partial charge in [0, 0.05) is 18.9 Å². The lowest BCUT2D eigenvalue weighted by Crippen LogP contribution is -2.15. The van der Waals surface area contributed by atoms with Crippen molar-refractivity contribution in [3.8, 4) is 0 Å². The lowest BCUT2D eigenvalue weighted by molar-refractivity contribution is 0.595. The Hall–Kier alpha value is -1.02. The van der Waals surface area contributed by atoms with Crippen LogP contribution in [0.2, 0.25) is 0 Å². The molecule has 0 fully saturated rings. The monoisotopic (exact) mass is 249 g/mol. The first kappa shape index (κ1) is 17.4. The minimum Gasteiger partial charge on any atom is -0.412 e. The fraction of sp³-hybridized carbons (Fsp3) is 0.444. The molecule has 94 valence electrons. The Morgan fingerprint density at radius 3 is 2.06 bits per heavy atom. The lowest BCUT2D eigenvalue weighted by atomic mass is 10.5. The third kappa shape index (κ3) is 6.46. The molecule has 0 spiro atoms. The zero-order chi connectivity index (χ0) is 11.7. The van der Waals surface area contributed by atoms with Gasteiger partial charge in [0.15, 0.2) is 9.84 Å². The second kappa shape index (κ2) is 9.22. The lowest BCUT2D eigenvalue weighted by Gasteiger charge is -2.00. The van der Waals surface area contributed by atoms with E-state index < -0.39 is 9.84 Å². The van der Waals surface area contributed by atoms with E-state index in [0.717, 1.165) is 6.54 Å². The van der Waals surface area contributed by atoms with Gasteiger partial charge in [0.2, 0.25) is 0 Å². The zero-order valence-electron chi connectivity index (χ0n) is 9.26. The van der Waals surface area contributed by atoms with Gasteiger partial charge in [0.05, 0.1) is 10.6 Å². The number of hydrogen-bond donors (Lipinski definition) is 2. The van der Waals surface area contributed by atoms with E-state index in [2.05, 4.69) is 4.98 Å². The Kier molecular flexibility index (Phi) is 10.0. The summed E-state index contributed by atoms with van der Waals surface area (Å²) in [7, 11) is -3.18. The third-order valence-electron chi connectivity index (χ3n) is 1.40. The van der Waals surface area contributed by atoms with Gasteiger partial charge in [-0.15, -0.1) is 0 Å². The van der Waals surface area contributed by atoms with Crippen molar-refractivity contribution in [2.75, 3.05) is 18.8 Å². The van der Waals surface area contributed by atoms with Crippen LogP contribution in [0.25, 0.3) is 0 Å². The van der Waals surface area contributed by atoms with Crippen molar-refractivity contribution in [3.63, 3.8) is 0 Å². The number of rotatable bonds is 3. The molecular weight excluding hydrogens is 230 g/mol. The number of sulfone groups is 1. The summed E-state index contributed by atoms with van der Waals surface area (Å²) < 4.78 is 22.6. The highest BCUT2D eigenvalue weighted by atomic mass is 32.2. The van der Waals surface area contributed by atoms with E-state index in [9.17, 15) is 8.42 Å². The molecule has 0 radical (unpaired) electrons. The Morgan fingerprint density at radius 1 is 1.25 bits per heavy atom. The molecule has 1 heterocycles. The standard InChI is InChI=1S/C7H10N2O2S.C2H7N.H2O/c8-3-6-12(10,11)7-1-4-9-5-2-7;1-2-3;/h1-2,4-5H,3,6,8H2;2-3H2,1H3;1H2. The molecule has 1 aromatic rings. The fourth-order valence-corrected chi connectivity index (χ4v) is 1.90. The highest BCUT2D eigenvalue weighted by molar-refractivity contribution is 7.91. The molecule has 0 aliphatic rings. The van der Waals surface area contributed by atoms with Crippen molar-refractivity contribution < 1.29 is 13.9 Å². The summed E-state index contributed by atoms with van der Waals surface area (Å²) in [5, 5.41) is 0. The molecule has 6 nitrogen and oxygen atoms in total. The number of nitrogens with two attached hydrogens (primary N) is 2. The number of nitrogens with zero attached hydrogens (tertiary/aromatic N) is 1. The van der Waals surface area contributed by atoms with Gasteiger partial charge in [-0.2, -0.15) is 0 Å². The molecule has 0 aliphatic heterocycles. The highest BCUT2D eigenvalue weighted by Crippen LogP contribution is 2.07. The smallest absolute Gasteiger partial charge is 0.179 e. The van der Waals surface area contributed by atoms with Crippen molar-refractivity contribution in [2.24, 2.45) is 11.5 Å². The van der Waals surface area contributed by atoms with Crippen LogP contribution in [0.4, 0.5) is 0 Å². The van der Waals surface area contributed by atoms with E-state index in [0.29, 0.717) is 0 Å². The van der Waals surface area contributed by atoms with Crippen molar-refractivity contribution in [1.29, 1.82) is 0 Å². The molecule has 0 atom stereocenters. The Morgan fingerprint density at radius 2 is 1.69 bits per heavy atom. The summed E-state index contributed by atoms with van der Waals surface area (Å²) in [6.07, 6.45) is 2.90. The summed E-state index contributed by atoms with van der Waals surface area (Å²) in [5.74, 6) is -0.0169. The van der Waals surface area contributed by atoms with E-state index in [4.69, 9.17) is 11.5 Å². The minimum absolute atomic E-state index is 0. The van der Waals surface area contributed by atoms with E-state index in [1.54, 1.807) is 0 Å². The van der Waals surface area contributed by atoms with E-state index in [1.165, 1.54) is 24.5 Å². The first-order chi connectivity index (χ1) is 7.08. The number of hydrogen-bond acceptors (Lipinski definition) is 5. The Bertz CT molecular complexity index is 354. The van der Waals surface area contributed by atoms with Crippen LogP contribution in [0.5, 0.6) is 0 Å². The molecule has 0 aromatic carbocycles. The molecular formula is C9H19N3O3S. The maximum absolute atomic E-state index is 11.3. The topological polar surface area (TPSA) is 131 Å². The number of pyridine rings is 1. The van der Waals surface area contributed by atoms with Gasteiger partial charge in [0.25, 0.3) is 0 Å². The van der Waals surface area contributed by atoms with Crippen LogP contribution in [-0.2, 0) is 9.84 Å². The van der Waals surface area contributed by atoms with Gasteiger partial charge >= 0.3 is 0 Å². The maximum Gasteiger partial charge on any atom is 0.179 e. The predicted molar refractivity (Wildman–Crippen MR) is 63.7 cm³/mol. The van der Waals surface area contributed by atoms with Crippen LogP contribution >= 0.6 is 0 Å². The fourth-order valence-electron chi connectivity index (χ4n) is 0.819. The van der Waals surface area contributed by atoms with Crippen LogP contribution < -0.4 is 11.5 Å². The summed E-state index contributed by atoms with van der Waals surface area (Å²) in [4.78, 5) is 4.00. The van der Waals surface area contributed by atoms with Crippen LogP contribution in [0, 0.1) is 0 Å². The molecule has 16 heavy (non-hydrogen) atoms. The van der Waals surface area contributed by atoms with Crippen LogP contribution in [0.1, 0.15) is 6.92 Å². The summed E-state index contributed by atoms with van der Waals surface area (Å²) in [6, 6.07) is 2.93. The molecule has 0 saturated heterocycles. The zero-order valence-corrected chi connectivity index (χ0v) is 10.1. The SMILES string of the molecule is CCN.NCCS(=O)(=O)c1ccncc1.O. The molecule has 0 aliphatic carbocycles. The molecule has 1 aromatic heterocycles. The molecule has 1 rings (SSSR count). The van der Waals surface area contributed by atoms with E-state index in [-0.39, 0.29) is 22.7 Å². The van der Waals surface area contributed by atoms with Crippen molar-refractivity contribution in [1.82, 2.24) is 4.98 Å². The van der Waals surface area contributed by atoms with Crippen molar-refractivity contribution in [2.45, 2.75) is 11.8 Å². The summed E-state index contributed by atoms with van der Waals surface area (Å²) in [6.45, 7) is 2.80. The molecule has 0 bridgehead atoms. The van der Waals surface area contributed by atoms with Gasteiger partial charge in [-0.05, 0) is 18.7 Å². The van der Waals surface area contributed by atoms with Gasteiger partial charge in [-0.1, -0.05) is 6.92 Å². The first-order valence-corrected chi connectivity index (χ1v) is 6.26. The first-order valence-electron chi connectivity index (χ1n) is 4.61. The van der Waals surface area contributed by atoms with Crippen molar-refractivity contribution >= 4 is 9.84 Å². The third-order valence-corrected chi connectivity index (χ3v) is 3.16. The van der Waals surface area contributed by atoms with Crippen LogP contribution in [0.3, 0.4) is 0 Å². The van der Waals surface area contributed by atoms with Crippen molar-refractivity contribution in [3.05, 3.63) is 24.5 Å².